The van der Waals surface area contributed by atoms with E-state index in [4.69, 9.17) is 5.73 Å². The van der Waals surface area contributed by atoms with Crippen molar-refractivity contribution in [2.75, 3.05) is 42.2 Å². The van der Waals surface area contributed by atoms with E-state index in [2.05, 4.69) is 50.0 Å². The number of nitrogens with two attached hydrogens (primary N) is 1. The van der Waals surface area contributed by atoms with Crippen LogP contribution >= 0.6 is 11.3 Å². The van der Waals surface area contributed by atoms with E-state index in [1.807, 2.05) is 0 Å². The molecule has 0 atom stereocenters. The van der Waals surface area contributed by atoms with Gasteiger partial charge in [0.1, 0.15) is 5.82 Å². The van der Waals surface area contributed by atoms with E-state index in [-0.39, 0.29) is 0 Å². The van der Waals surface area contributed by atoms with Gasteiger partial charge in [0.2, 0.25) is 5.13 Å². The molecule has 1 aromatic carbocycles. The zero-order valence-corrected chi connectivity index (χ0v) is 12.4. The van der Waals surface area contributed by atoms with Crippen LogP contribution in [0, 0.1) is 0 Å². The lowest BCUT2D eigenvalue weighted by Crippen LogP contribution is -2.43. The summed E-state index contributed by atoms with van der Waals surface area (Å²) in [4.78, 5) is 6.46. The van der Waals surface area contributed by atoms with Crippen LogP contribution in [0.3, 0.4) is 0 Å². The number of rotatable bonds is 4. The average molecular weight is 302 g/mol. The minimum Gasteiger partial charge on any atom is -0.383 e. The van der Waals surface area contributed by atoms with Gasteiger partial charge < -0.3 is 16.0 Å². The van der Waals surface area contributed by atoms with Crippen molar-refractivity contribution in [3.8, 4) is 0 Å². The number of anilines is 3. The van der Waals surface area contributed by atoms with E-state index < -0.39 is 0 Å². The van der Waals surface area contributed by atoms with Crippen molar-refractivity contribution < 1.29 is 0 Å². The molecule has 3 rings (SSSR count). The maximum absolute atomic E-state index is 5.55. The highest BCUT2D eigenvalue weighted by atomic mass is 32.1. The maximum atomic E-state index is 5.55. The zero-order chi connectivity index (χ0) is 14.5. The Morgan fingerprint density at radius 3 is 2.71 bits per heavy atom. The van der Waals surface area contributed by atoms with Gasteiger partial charge in [0, 0.05) is 37.2 Å². The van der Waals surface area contributed by atoms with E-state index >= 15 is 0 Å². The third-order valence-corrected chi connectivity index (χ3v) is 4.04. The lowest BCUT2D eigenvalue weighted by molar-refractivity contribution is 0.589. The van der Waals surface area contributed by atoms with Crippen LogP contribution in [0.5, 0.6) is 0 Å². The monoisotopic (exact) mass is 302 g/mol. The molecular formula is C14H18N6S. The SMILES string of the molecule is Nc1csc(NN=Cc2ccc(N3CCNCC3)cc2)n1. The van der Waals surface area contributed by atoms with Gasteiger partial charge in [-0.3, -0.25) is 5.43 Å². The zero-order valence-electron chi connectivity index (χ0n) is 11.6. The van der Waals surface area contributed by atoms with Crippen molar-refractivity contribution in [2.24, 2.45) is 5.10 Å². The summed E-state index contributed by atoms with van der Waals surface area (Å²) in [7, 11) is 0. The number of nitrogens with zero attached hydrogens (tertiary/aromatic N) is 3. The molecule has 1 aliphatic heterocycles. The highest BCUT2D eigenvalue weighted by Crippen LogP contribution is 2.17. The first-order chi connectivity index (χ1) is 10.3. The number of thiazole rings is 1. The van der Waals surface area contributed by atoms with E-state index in [9.17, 15) is 0 Å². The largest absolute Gasteiger partial charge is 0.383 e. The fourth-order valence-electron chi connectivity index (χ4n) is 2.19. The van der Waals surface area contributed by atoms with Crippen LogP contribution in [0.25, 0.3) is 0 Å². The molecule has 2 heterocycles. The summed E-state index contributed by atoms with van der Waals surface area (Å²) in [5, 5.41) is 9.99. The van der Waals surface area contributed by atoms with E-state index in [1.54, 1.807) is 11.6 Å². The molecule has 4 N–H and O–H groups in total. The Morgan fingerprint density at radius 2 is 2.05 bits per heavy atom. The summed E-state index contributed by atoms with van der Waals surface area (Å²) in [5.74, 6) is 0.512. The predicted molar refractivity (Wildman–Crippen MR) is 89.3 cm³/mol. The predicted octanol–water partition coefficient (Wildman–Crippen LogP) is 1.58. The number of hydrazone groups is 1. The molecule has 7 heteroatoms. The summed E-state index contributed by atoms with van der Waals surface area (Å²) in [6, 6.07) is 8.40. The Morgan fingerprint density at radius 1 is 1.29 bits per heavy atom. The molecule has 21 heavy (non-hydrogen) atoms. The molecule has 2 aromatic rings. The molecule has 0 radical (unpaired) electrons. The lowest BCUT2D eigenvalue weighted by atomic mass is 10.2. The molecule has 0 aliphatic carbocycles. The van der Waals surface area contributed by atoms with Crippen molar-refractivity contribution >= 4 is 34.2 Å². The molecule has 1 aromatic heterocycles. The molecular weight excluding hydrogens is 284 g/mol. The summed E-state index contributed by atoms with van der Waals surface area (Å²) in [5.41, 5.74) is 10.7. The first-order valence-electron chi connectivity index (χ1n) is 6.87. The van der Waals surface area contributed by atoms with Gasteiger partial charge in [-0.05, 0) is 17.7 Å². The molecule has 0 bridgehead atoms. The van der Waals surface area contributed by atoms with Gasteiger partial charge in [-0.15, -0.1) is 11.3 Å². The van der Waals surface area contributed by atoms with Gasteiger partial charge in [0.15, 0.2) is 0 Å². The first-order valence-corrected chi connectivity index (χ1v) is 7.75. The molecule has 1 aliphatic rings. The number of piperazine rings is 1. The summed E-state index contributed by atoms with van der Waals surface area (Å²) in [6.07, 6.45) is 1.78. The minimum absolute atomic E-state index is 0.512. The Hall–Kier alpha value is -2.12. The Labute approximate surface area is 127 Å². The average Bonchev–Trinajstić information content (AvgIpc) is 2.94. The fourth-order valence-corrected chi connectivity index (χ4v) is 2.74. The molecule has 1 saturated heterocycles. The second-order valence-corrected chi connectivity index (χ2v) is 5.63. The van der Waals surface area contributed by atoms with Crippen LogP contribution < -0.4 is 21.4 Å². The third-order valence-electron chi connectivity index (χ3n) is 3.27. The van der Waals surface area contributed by atoms with Gasteiger partial charge in [0.25, 0.3) is 0 Å². The molecule has 6 nitrogen and oxygen atoms in total. The second-order valence-electron chi connectivity index (χ2n) is 4.78. The van der Waals surface area contributed by atoms with Gasteiger partial charge >= 0.3 is 0 Å². The molecule has 110 valence electrons. The van der Waals surface area contributed by atoms with Gasteiger partial charge in [0.05, 0.1) is 6.21 Å². The van der Waals surface area contributed by atoms with E-state index in [1.165, 1.54) is 17.0 Å². The van der Waals surface area contributed by atoms with Crippen LogP contribution in [0.4, 0.5) is 16.6 Å². The fraction of sp³-hybridized carbons (Fsp3) is 0.286. The van der Waals surface area contributed by atoms with Crippen LogP contribution in [0.1, 0.15) is 5.56 Å². The van der Waals surface area contributed by atoms with Crippen LogP contribution in [-0.4, -0.2) is 37.4 Å². The number of nitrogens with one attached hydrogen (secondary N) is 2. The lowest BCUT2D eigenvalue weighted by Gasteiger charge is -2.29. The number of nitrogen functional groups attached to an aromatic ring is 1. The van der Waals surface area contributed by atoms with Gasteiger partial charge in [-0.1, -0.05) is 12.1 Å². The molecule has 1 fully saturated rings. The molecule has 0 spiro atoms. The van der Waals surface area contributed by atoms with Crippen LogP contribution in [0.15, 0.2) is 34.7 Å². The number of aromatic nitrogens is 1. The molecule has 0 unspecified atom stereocenters. The van der Waals surface area contributed by atoms with Crippen molar-refractivity contribution in [3.05, 3.63) is 35.2 Å². The number of benzene rings is 1. The smallest absolute Gasteiger partial charge is 0.205 e. The number of hydrogen-bond acceptors (Lipinski definition) is 7. The van der Waals surface area contributed by atoms with Crippen molar-refractivity contribution in [3.63, 3.8) is 0 Å². The third kappa shape index (κ3) is 3.71. The number of hydrogen-bond donors (Lipinski definition) is 3. The Kier molecular flexibility index (Phi) is 4.32. The summed E-state index contributed by atoms with van der Waals surface area (Å²) >= 11 is 1.43. The minimum atomic E-state index is 0.512. The summed E-state index contributed by atoms with van der Waals surface area (Å²) < 4.78 is 0. The Balaban J connectivity index is 1.58. The summed E-state index contributed by atoms with van der Waals surface area (Å²) in [6.45, 7) is 4.20. The van der Waals surface area contributed by atoms with Crippen molar-refractivity contribution in [1.82, 2.24) is 10.3 Å². The quantitative estimate of drug-likeness (QED) is 0.590. The van der Waals surface area contributed by atoms with Crippen LogP contribution in [0.2, 0.25) is 0 Å². The normalized spacial score (nSPS) is 15.5. The second kappa shape index (κ2) is 6.55. The van der Waals surface area contributed by atoms with Crippen molar-refractivity contribution in [1.29, 1.82) is 0 Å². The highest BCUT2D eigenvalue weighted by molar-refractivity contribution is 7.14. The van der Waals surface area contributed by atoms with Crippen LogP contribution in [-0.2, 0) is 0 Å². The molecule has 0 saturated carbocycles. The highest BCUT2D eigenvalue weighted by Gasteiger charge is 2.09. The Bertz CT molecular complexity index is 600. The maximum Gasteiger partial charge on any atom is 0.205 e. The van der Waals surface area contributed by atoms with E-state index in [0.29, 0.717) is 10.9 Å². The van der Waals surface area contributed by atoms with E-state index in [0.717, 1.165) is 31.7 Å². The first kappa shape index (κ1) is 13.8. The van der Waals surface area contributed by atoms with Crippen molar-refractivity contribution in [2.45, 2.75) is 0 Å². The topological polar surface area (TPSA) is 78.6 Å². The molecule has 0 amide bonds. The standard InChI is InChI=1S/C14H18N6S/c15-13-10-21-14(18-13)19-17-9-11-1-3-12(4-2-11)20-7-5-16-6-8-20/h1-4,9-10,16H,5-8,15H2,(H,18,19). The van der Waals surface area contributed by atoms with Gasteiger partial charge in [-0.25, -0.2) is 4.98 Å². The van der Waals surface area contributed by atoms with Gasteiger partial charge in [-0.2, -0.15) is 5.10 Å².